The van der Waals surface area contributed by atoms with E-state index in [9.17, 15) is 4.79 Å². The Morgan fingerprint density at radius 1 is 1.24 bits per heavy atom. The predicted octanol–water partition coefficient (Wildman–Crippen LogP) is 2.28. The van der Waals surface area contributed by atoms with E-state index in [4.69, 9.17) is 4.74 Å². The summed E-state index contributed by atoms with van der Waals surface area (Å²) in [6.45, 7) is 6.38. The summed E-state index contributed by atoms with van der Waals surface area (Å²) >= 11 is 0. The number of nitrogens with one attached hydrogen (secondary N) is 1. The average molecular weight is 394 g/mol. The highest BCUT2D eigenvalue weighted by Crippen LogP contribution is 2.27. The van der Waals surface area contributed by atoms with Crippen LogP contribution in [0, 0.1) is 13.8 Å². The second-order valence-corrected chi connectivity index (χ2v) is 7.49. The smallest absolute Gasteiger partial charge is 0.258 e. The number of ether oxygens (including phenoxy) is 1. The number of nitrogens with zero attached hydrogens (tertiary/aromatic N) is 5. The molecule has 1 aliphatic rings. The maximum Gasteiger partial charge on any atom is 0.258 e. The second kappa shape index (κ2) is 8.06. The van der Waals surface area contributed by atoms with Crippen molar-refractivity contribution in [2.24, 2.45) is 7.05 Å². The Morgan fingerprint density at radius 2 is 2.03 bits per heavy atom. The highest BCUT2D eigenvalue weighted by molar-refractivity contribution is 5.85. The van der Waals surface area contributed by atoms with E-state index < -0.39 is 0 Å². The van der Waals surface area contributed by atoms with Crippen molar-refractivity contribution in [2.45, 2.75) is 33.2 Å². The maximum atomic E-state index is 12.2. The molecule has 8 nitrogen and oxygen atoms in total. The van der Waals surface area contributed by atoms with Crippen molar-refractivity contribution in [1.29, 1.82) is 0 Å². The Balaban J connectivity index is 1.33. The fourth-order valence-corrected chi connectivity index (χ4v) is 3.69. The van der Waals surface area contributed by atoms with Gasteiger partial charge in [-0.3, -0.25) is 4.79 Å². The molecule has 0 unspecified atom stereocenters. The van der Waals surface area contributed by atoms with Gasteiger partial charge in [0.05, 0.1) is 5.39 Å². The number of aryl methyl sites for hydroxylation is 3. The third-order valence-corrected chi connectivity index (χ3v) is 5.16. The molecule has 1 fully saturated rings. The van der Waals surface area contributed by atoms with Gasteiger partial charge in [-0.25, -0.2) is 14.6 Å². The number of hydrogen-bond donors (Lipinski definition) is 1. The summed E-state index contributed by atoms with van der Waals surface area (Å²) in [6, 6.07) is 6.00. The maximum absolute atomic E-state index is 12.2. The van der Waals surface area contributed by atoms with E-state index in [0.29, 0.717) is 12.4 Å². The molecule has 1 N–H and O–H groups in total. The molecular formula is C21H26N6O2. The molecule has 0 atom stereocenters. The summed E-state index contributed by atoms with van der Waals surface area (Å²) in [5.74, 6) is 1.23. The molecule has 1 aliphatic heterocycles. The van der Waals surface area contributed by atoms with E-state index in [-0.39, 0.29) is 12.5 Å². The van der Waals surface area contributed by atoms with Gasteiger partial charge in [-0.2, -0.15) is 0 Å². The summed E-state index contributed by atoms with van der Waals surface area (Å²) in [5, 5.41) is 8.08. The number of aromatic nitrogens is 4. The number of fused-ring (bicyclic) bond motifs is 1. The quantitative estimate of drug-likeness (QED) is 0.690. The first kappa shape index (κ1) is 19.2. The minimum Gasteiger partial charge on any atom is -0.466 e. The third kappa shape index (κ3) is 4.16. The molecule has 0 saturated carbocycles. The standard InChI is InChI=1S/C21H26N6O2/c1-14-10-15(2)24-20-19(14)21(25-26(20)3)29-13-18(28)23-12-16-6-7-17(22-11-16)27-8-4-5-9-27/h6-7,10-11H,4-5,8-9,12-13H2,1-3H3,(H,23,28). The lowest BCUT2D eigenvalue weighted by Gasteiger charge is -2.16. The zero-order chi connectivity index (χ0) is 20.4. The van der Waals surface area contributed by atoms with Crippen molar-refractivity contribution in [3.63, 3.8) is 0 Å². The molecule has 29 heavy (non-hydrogen) atoms. The van der Waals surface area contributed by atoms with Crippen molar-refractivity contribution < 1.29 is 9.53 Å². The number of rotatable bonds is 6. The Labute approximate surface area is 169 Å². The number of carbonyl (C=O) groups excluding carboxylic acids is 1. The van der Waals surface area contributed by atoms with Gasteiger partial charge in [0.15, 0.2) is 12.3 Å². The first-order valence-electron chi connectivity index (χ1n) is 9.91. The van der Waals surface area contributed by atoms with Crippen LogP contribution in [0.2, 0.25) is 0 Å². The normalized spacial score (nSPS) is 13.8. The molecule has 0 bridgehead atoms. The molecule has 3 aromatic rings. The van der Waals surface area contributed by atoms with Gasteiger partial charge in [0.2, 0.25) is 5.88 Å². The van der Waals surface area contributed by atoms with Gasteiger partial charge in [0.25, 0.3) is 5.91 Å². The van der Waals surface area contributed by atoms with Crippen LogP contribution in [-0.4, -0.2) is 45.4 Å². The summed E-state index contributed by atoms with van der Waals surface area (Å²) in [7, 11) is 1.82. The first-order chi connectivity index (χ1) is 14.0. The monoisotopic (exact) mass is 394 g/mol. The summed E-state index contributed by atoms with van der Waals surface area (Å²) in [4.78, 5) is 23.5. The predicted molar refractivity (Wildman–Crippen MR) is 111 cm³/mol. The lowest BCUT2D eigenvalue weighted by atomic mass is 10.2. The lowest BCUT2D eigenvalue weighted by molar-refractivity contribution is -0.123. The minimum atomic E-state index is -0.204. The molecule has 8 heteroatoms. The lowest BCUT2D eigenvalue weighted by Crippen LogP contribution is -2.28. The Kier molecular flexibility index (Phi) is 5.33. The van der Waals surface area contributed by atoms with Crippen LogP contribution in [0.25, 0.3) is 11.0 Å². The minimum absolute atomic E-state index is 0.0985. The molecule has 1 saturated heterocycles. The van der Waals surface area contributed by atoms with Crippen molar-refractivity contribution in [2.75, 3.05) is 24.6 Å². The fraction of sp³-hybridized carbons (Fsp3) is 0.429. The average Bonchev–Trinajstić information content (AvgIpc) is 3.34. The summed E-state index contributed by atoms with van der Waals surface area (Å²) in [5.41, 5.74) is 3.66. The van der Waals surface area contributed by atoms with E-state index in [1.165, 1.54) is 12.8 Å². The molecule has 0 radical (unpaired) electrons. The van der Waals surface area contributed by atoms with E-state index in [2.05, 4.69) is 25.3 Å². The van der Waals surface area contributed by atoms with E-state index in [0.717, 1.165) is 46.8 Å². The third-order valence-electron chi connectivity index (χ3n) is 5.16. The molecule has 0 aromatic carbocycles. The second-order valence-electron chi connectivity index (χ2n) is 7.49. The number of pyridine rings is 2. The van der Waals surface area contributed by atoms with E-state index in [1.54, 1.807) is 4.68 Å². The number of hydrogen-bond acceptors (Lipinski definition) is 6. The van der Waals surface area contributed by atoms with Gasteiger partial charge in [0, 0.05) is 38.6 Å². The van der Waals surface area contributed by atoms with Crippen LogP contribution < -0.4 is 15.0 Å². The molecule has 0 aliphatic carbocycles. The zero-order valence-corrected chi connectivity index (χ0v) is 17.1. The van der Waals surface area contributed by atoms with Gasteiger partial charge in [0.1, 0.15) is 5.82 Å². The van der Waals surface area contributed by atoms with Crippen LogP contribution in [0.4, 0.5) is 5.82 Å². The Morgan fingerprint density at radius 3 is 2.76 bits per heavy atom. The van der Waals surface area contributed by atoms with Gasteiger partial charge >= 0.3 is 0 Å². The molecule has 152 valence electrons. The Hall–Kier alpha value is -3.16. The summed E-state index contributed by atoms with van der Waals surface area (Å²) < 4.78 is 7.37. The van der Waals surface area contributed by atoms with Crippen LogP contribution in [0.3, 0.4) is 0 Å². The molecule has 0 spiro atoms. The number of amides is 1. The molecule has 3 aromatic heterocycles. The van der Waals surface area contributed by atoms with Gasteiger partial charge < -0.3 is 15.0 Å². The number of carbonyl (C=O) groups is 1. The van der Waals surface area contributed by atoms with Gasteiger partial charge in [-0.1, -0.05) is 6.07 Å². The summed E-state index contributed by atoms with van der Waals surface area (Å²) in [6.07, 6.45) is 4.26. The van der Waals surface area contributed by atoms with Crippen molar-refractivity contribution in [3.05, 3.63) is 41.2 Å². The Bertz CT molecular complexity index is 1020. The first-order valence-corrected chi connectivity index (χ1v) is 9.91. The van der Waals surface area contributed by atoms with Crippen molar-refractivity contribution in [3.8, 4) is 5.88 Å². The highest BCUT2D eigenvalue weighted by atomic mass is 16.5. The molecular weight excluding hydrogens is 368 g/mol. The van der Waals surface area contributed by atoms with Crippen LogP contribution >= 0.6 is 0 Å². The van der Waals surface area contributed by atoms with Gasteiger partial charge in [-0.15, -0.1) is 5.10 Å². The van der Waals surface area contributed by atoms with Crippen LogP contribution in [0.15, 0.2) is 24.4 Å². The topological polar surface area (TPSA) is 85.2 Å². The van der Waals surface area contributed by atoms with Gasteiger partial charge in [-0.05, 0) is 49.9 Å². The van der Waals surface area contributed by atoms with Crippen LogP contribution in [-0.2, 0) is 18.4 Å². The zero-order valence-electron chi connectivity index (χ0n) is 17.1. The largest absolute Gasteiger partial charge is 0.466 e. The van der Waals surface area contributed by atoms with Crippen LogP contribution in [0.5, 0.6) is 5.88 Å². The molecule has 4 rings (SSSR count). The number of anilines is 1. The van der Waals surface area contributed by atoms with Crippen molar-refractivity contribution >= 4 is 22.8 Å². The van der Waals surface area contributed by atoms with Crippen LogP contribution in [0.1, 0.15) is 29.7 Å². The molecule has 1 amide bonds. The fourth-order valence-electron chi connectivity index (χ4n) is 3.69. The van der Waals surface area contributed by atoms with E-state index >= 15 is 0 Å². The van der Waals surface area contributed by atoms with Crippen molar-refractivity contribution in [1.82, 2.24) is 25.1 Å². The highest BCUT2D eigenvalue weighted by Gasteiger charge is 2.16. The SMILES string of the molecule is Cc1cc(C)c2c(OCC(=O)NCc3ccc(N4CCCC4)nc3)nn(C)c2n1. The molecule has 4 heterocycles. The van der Waals surface area contributed by atoms with E-state index in [1.807, 2.05) is 45.3 Å².